The molecule has 2 N–H and O–H groups in total. The summed E-state index contributed by atoms with van der Waals surface area (Å²) in [6, 6.07) is 7.75. The number of benzene rings is 1. The van der Waals surface area contributed by atoms with Crippen LogP contribution in [0.2, 0.25) is 0 Å². The van der Waals surface area contributed by atoms with Crippen LogP contribution in [0.25, 0.3) is 0 Å². The van der Waals surface area contributed by atoms with Crippen LogP contribution in [0.3, 0.4) is 0 Å². The maximum absolute atomic E-state index is 11.7. The van der Waals surface area contributed by atoms with Gasteiger partial charge in [0.1, 0.15) is 0 Å². The average molecular weight is 205 g/mol. The van der Waals surface area contributed by atoms with Crippen molar-refractivity contribution in [3.8, 4) is 0 Å². The lowest BCUT2D eigenvalue weighted by atomic mass is 10.1. The Morgan fingerprint density at radius 3 is 2.29 bits per heavy atom. The second-order valence-corrected chi connectivity index (χ2v) is 2.77. The monoisotopic (exact) mass is 205 g/mol. The molecule has 0 fully saturated rings. The summed E-state index contributed by atoms with van der Waals surface area (Å²) in [4.78, 5) is 0. The van der Waals surface area contributed by atoms with Gasteiger partial charge in [-0.1, -0.05) is 30.3 Å². The fraction of sp³-hybridized carbons (Fsp3) is 0.333. The van der Waals surface area contributed by atoms with Crippen molar-refractivity contribution in [2.45, 2.75) is 12.4 Å². The molecule has 1 atom stereocenters. The van der Waals surface area contributed by atoms with E-state index in [0.29, 0.717) is 5.56 Å². The summed E-state index contributed by atoms with van der Waals surface area (Å²) in [5.74, 6) is 0. The van der Waals surface area contributed by atoms with Crippen molar-refractivity contribution in [2.24, 2.45) is 5.73 Å². The molecule has 2 nitrogen and oxygen atoms in total. The molecule has 0 aliphatic carbocycles. The lowest BCUT2D eigenvalue weighted by Gasteiger charge is -2.13. The number of nitrogens with two attached hydrogens (primary N) is 1. The lowest BCUT2D eigenvalue weighted by Crippen LogP contribution is -2.23. The molecular formula is C9H10F3NO. The molecule has 14 heavy (non-hydrogen) atoms. The van der Waals surface area contributed by atoms with Gasteiger partial charge in [0.25, 0.3) is 0 Å². The zero-order valence-electron chi connectivity index (χ0n) is 7.29. The van der Waals surface area contributed by atoms with Gasteiger partial charge in [-0.2, -0.15) is 0 Å². The van der Waals surface area contributed by atoms with E-state index in [1.54, 1.807) is 30.3 Å². The number of hydrogen-bond acceptors (Lipinski definition) is 2. The second kappa shape index (κ2) is 4.43. The van der Waals surface area contributed by atoms with Gasteiger partial charge in [-0.15, -0.1) is 13.2 Å². The predicted molar refractivity (Wildman–Crippen MR) is 45.4 cm³/mol. The van der Waals surface area contributed by atoms with Gasteiger partial charge in [-0.3, -0.25) is 4.74 Å². The minimum absolute atomic E-state index is 0.562. The van der Waals surface area contributed by atoms with Crippen LogP contribution in [-0.2, 0) is 4.74 Å². The van der Waals surface area contributed by atoms with E-state index >= 15 is 0 Å². The highest BCUT2D eigenvalue weighted by molar-refractivity contribution is 5.18. The predicted octanol–water partition coefficient (Wildman–Crippen LogP) is 2.22. The Kier molecular flexibility index (Phi) is 3.49. The Morgan fingerprint density at radius 1 is 1.21 bits per heavy atom. The first-order valence-electron chi connectivity index (χ1n) is 4.00. The maximum atomic E-state index is 11.7. The molecule has 0 saturated carbocycles. The van der Waals surface area contributed by atoms with Crippen LogP contribution in [0.15, 0.2) is 30.3 Å². The fourth-order valence-electron chi connectivity index (χ4n) is 0.981. The summed E-state index contributed by atoms with van der Waals surface area (Å²) >= 11 is 0. The molecule has 1 aromatic rings. The molecule has 0 aliphatic heterocycles. The molecule has 0 radical (unpaired) electrons. The van der Waals surface area contributed by atoms with E-state index in [0.717, 1.165) is 0 Å². The highest BCUT2D eigenvalue weighted by Gasteiger charge is 2.29. The average Bonchev–Trinajstić information content (AvgIpc) is 2.14. The van der Waals surface area contributed by atoms with E-state index in [1.807, 2.05) is 0 Å². The van der Waals surface area contributed by atoms with Gasteiger partial charge in [0.2, 0.25) is 0 Å². The van der Waals surface area contributed by atoms with E-state index in [9.17, 15) is 13.2 Å². The Morgan fingerprint density at radius 2 is 1.79 bits per heavy atom. The third-order valence-corrected chi connectivity index (χ3v) is 1.65. The Balaban J connectivity index is 2.48. The maximum Gasteiger partial charge on any atom is 0.522 e. The smallest absolute Gasteiger partial charge is 0.322 e. The molecule has 0 heterocycles. The molecule has 0 aromatic heterocycles. The van der Waals surface area contributed by atoms with Gasteiger partial charge >= 0.3 is 6.36 Å². The third kappa shape index (κ3) is 3.76. The van der Waals surface area contributed by atoms with E-state index in [4.69, 9.17) is 5.73 Å². The number of rotatable bonds is 3. The first kappa shape index (κ1) is 11.0. The van der Waals surface area contributed by atoms with Gasteiger partial charge < -0.3 is 5.73 Å². The fourth-order valence-corrected chi connectivity index (χ4v) is 0.981. The normalized spacial score (nSPS) is 14.0. The Bertz CT molecular complexity index is 273. The summed E-state index contributed by atoms with van der Waals surface area (Å²) in [6.45, 7) is -0.562. The molecule has 0 unspecified atom stereocenters. The SMILES string of the molecule is N[C@@H](COC(F)(F)F)c1ccccc1. The van der Waals surface area contributed by atoms with Crippen LogP contribution in [0.5, 0.6) is 0 Å². The Hall–Kier alpha value is -1.07. The molecule has 0 bridgehead atoms. The van der Waals surface area contributed by atoms with E-state index < -0.39 is 19.0 Å². The Labute approximate surface area is 79.5 Å². The number of halogens is 3. The van der Waals surface area contributed by atoms with Gasteiger partial charge in [-0.25, -0.2) is 0 Å². The summed E-state index contributed by atoms with van der Waals surface area (Å²) in [5.41, 5.74) is 6.10. The van der Waals surface area contributed by atoms with Crippen LogP contribution < -0.4 is 5.73 Å². The number of alkyl halides is 3. The summed E-state index contributed by atoms with van der Waals surface area (Å²) in [7, 11) is 0. The lowest BCUT2D eigenvalue weighted by molar-refractivity contribution is -0.326. The standard InChI is InChI=1S/C9H10F3NO/c10-9(11,12)14-6-8(13)7-4-2-1-3-5-7/h1-5,8H,6,13H2/t8-/m0/s1. The van der Waals surface area contributed by atoms with E-state index in [-0.39, 0.29) is 0 Å². The van der Waals surface area contributed by atoms with Crippen LogP contribution >= 0.6 is 0 Å². The van der Waals surface area contributed by atoms with Gasteiger partial charge in [0.15, 0.2) is 0 Å². The van der Waals surface area contributed by atoms with Gasteiger partial charge in [0.05, 0.1) is 12.6 Å². The minimum atomic E-state index is -4.62. The van der Waals surface area contributed by atoms with Crippen LogP contribution in [0, 0.1) is 0 Å². The zero-order valence-corrected chi connectivity index (χ0v) is 7.29. The zero-order chi connectivity index (χ0) is 10.6. The molecule has 1 aromatic carbocycles. The van der Waals surface area contributed by atoms with E-state index in [1.165, 1.54) is 0 Å². The minimum Gasteiger partial charge on any atom is -0.322 e. The van der Waals surface area contributed by atoms with Crippen molar-refractivity contribution in [1.29, 1.82) is 0 Å². The number of hydrogen-bond donors (Lipinski definition) is 1. The van der Waals surface area contributed by atoms with Gasteiger partial charge in [0, 0.05) is 0 Å². The summed E-state index contributed by atoms with van der Waals surface area (Å²) in [5, 5.41) is 0. The van der Waals surface area contributed by atoms with Crippen molar-refractivity contribution in [2.75, 3.05) is 6.61 Å². The molecular weight excluding hydrogens is 195 g/mol. The topological polar surface area (TPSA) is 35.2 Å². The van der Waals surface area contributed by atoms with Crippen molar-refractivity contribution in [3.63, 3.8) is 0 Å². The van der Waals surface area contributed by atoms with E-state index in [2.05, 4.69) is 4.74 Å². The largest absolute Gasteiger partial charge is 0.522 e. The van der Waals surface area contributed by atoms with Crippen LogP contribution in [0.4, 0.5) is 13.2 Å². The van der Waals surface area contributed by atoms with Crippen molar-refractivity contribution in [3.05, 3.63) is 35.9 Å². The third-order valence-electron chi connectivity index (χ3n) is 1.65. The second-order valence-electron chi connectivity index (χ2n) is 2.77. The molecule has 0 amide bonds. The first-order valence-corrected chi connectivity index (χ1v) is 4.00. The summed E-state index contributed by atoms with van der Waals surface area (Å²) in [6.07, 6.45) is -4.62. The van der Waals surface area contributed by atoms with Gasteiger partial charge in [-0.05, 0) is 5.56 Å². The van der Waals surface area contributed by atoms with Crippen molar-refractivity contribution < 1.29 is 17.9 Å². The molecule has 1 rings (SSSR count). The molecule has 0 spiro atoms. The molecule has 5 heteroatoms. The van der Waals surface area contributed by atoms with Crippen molar-refractivity contribution in [1.82, 2.24) is 0 Å². The molecule has 0 saturated heterocycles. The highest BCUT2D eigenvalue weighted by atomic mass is 19.4. The quantitative estimate of drug-likeness (QED) is 0.821. The number of ether oxygens (including phenoxy) is 1. The van der Waals surface area contributed by atoms with Crippen LogP contribution in [0.1, 0.15) is 11.6 Å². The highest BCUT2D eigenvalue weighted by Crippen LogP contribution is 2.19. The first-order chi connectivity index (χ1) is 6.49. The molecule has 0 aliphatic rings. The summed E-state index contributed by atoms with van der Waals surface area (Å²) < 4.78 is 38.6. The van der Waals surface area contributed by atoms with Crippen molar-refractivity contribution >= 4 is 0 Å². The molecule has 78 valence electrons. The van der Waals surface area contributed by atoms with Crippen LogP contribution in [-0.4, -0.2) is 13.0 Å².